The number of fused-ring (bicyclic) bond motifs is 1. The van der Waals surface area contributed by atoms with E-state index < -0.39 is 11.4 Å². The van der Waals surface area contributed by atoms with E-state index >= 15 is 0 Å². The monoisotopic (exact) mass is 494 g/mol. The highest BCUT2D eigenvalue weighted by Gasteiger charge is 2.41. The molecule has 0 bridgehead atoms. The number of nitrogens with zero attached hydrogens (tertiary/aromatic N) is 3. The van der Waals surface area contributed by atoms with Gasteiger partial charge in [0.15, 0.2) is 0 Å². The fourth-order valence-corrected chi connectivity index (χ4v) is 5.50. The maximum atomic E-state index is 12.4. The van der Waals surface area contributed by atoms with Crippen molar-refractivity contribution in [1.29, 1.82) is 0 Å². The molecule has 7 nitrogen and oxygen atoms in total. The van der Waals surface area contributed by atoms with E-state index in [-0.39, 0.29) is 5.25 Å². The molecule has 2 aromatic heterocycles. The summed E-state index contributed by atoms with van der Waals surface area (Å²) in [5.41, 5.74) is 9.30. The molecule has 3 aromatic rings. The van der Waals surface area contributed by atoms with Gasteiger partial charge in [0.05, 0.1) is 29.0 Å². The molecule has 0 aliphatic carbocycles. The minimum Gasteiger partial charge on any atom is -0.497 e. The summed E-state index contributed by atoms with van der Waals surface area (Å²) in [5.74, 6) is 0.0851. The Morgan fingerprint density at radius 2 is 2.06 bits per heavy atom. The van der Waals surface area contributed by atoms with Crippen LogP contribution in [0.5, 0.6) is 5.75 Å². The largest absolute Gasteiger partial charge is 0.497 e. The van der Waals surface area contributed by atoms with Gasteiger partial charge in [-0.1, -0.05) is 6.07 Å². The summed E-state index contributed by atoms with van der Waals surface area (Å²) in [6, 6.07) is 11.7. The van der Waals surface area contributed by atoms with Gasteiger partial charge in [0, 0.05) is 30.9 Å². The van der Waals surface area contributed by atoms with Gasteiger partial charge in [-0.25, -0.2) is 0 Å². The molecule has 1 aromatic carbocycles. The van der Waals surface area contributed by atoms with Crippen molar-refractivity contribution < 1.29 is 14.6 Å². The average Bonchev–Trinajstić information content (AvgIpc) is 2.89. The van der Waals surface area contributed by atoms with Crippen molar-refractivity contribution in [2.75, 3.05) is 26.7 Å². The molecule has 8 heteroatoms. The van der Waals surface area contributed by atoms with Crippen LogP contribution in [0.15, 0.2) is 48.8 Å². The summed E-state index contributed by atoms with van der Waals surface area (Å²) < 4.78 is 5.41. The smallest absolute Gasteiger partial charge is 0.309 e. The Bertz CT molecular complexity index is 1140. The zero-order valence-electron chi connectivity index (χ0n) is 20.2. The van der Waals surface area contributed by atoms with Crippen LogP contribution in [0.2, 0.25) is 0 Å². The highest BCUT2D eigenvalue weighted by Crippen LogP contribution is 2.38. The number of thiol groups is 1. The number of carbonyl (C=O) groups is 1. The van der Waals surface area contributed by atoms with Crippen molar-refractivity contribution in [3.8, 4) is 5.75 Å². The van der Waals surface area contributed by atoms with Crippen LogP contribution in [0.1, 0.15) is 47.8 Å². The van der Waals surface area contributed by atoms with Crippen LogP contribution in [-0.4, -0.2) is 52.7 Å². The van der Waals surface area contributed by atoms with Crippen molar-refractivity contribution in [3.05, 3.63) is 65.6 Å². The molecule has 0 saturated carbocycles. The summed E-state index contributed by atoms with van der Waals surface area (Å²) in [7, 11) is 1.65. The molecule has 0 spiro atoms. The second-order valence-electron chi connectivity index (χ2n) is 9.36. The molecule has 3 heterocycles. The number of hydrogen-bond donors (Lipinski definition) is 3. The van der Waals surface area contributed by atoms with Crippen molar-refractivity contribution in [2.45, 2.75) is 43.9 Å². The lowest BCUT2D eigenvalue weighted by Crippen LogP contribution is -2.45. The Morgan fingerprint density at radius 1 is 1.26 bits per heavy atom. The minimum absolute atomic E-state index is 0.0141. The number of pyridine rings is 2. The van der Waals surface area contributed by atoms with E-state index in [1.54, 1.807) is 13.3 Å². The highest BCUT2D eigenvalue weighted by atomic mass is 32.1. The molecule has 0 amide bonds. The van der Waals surface area contributed by atoms with Crippen molar-refractivity contribution >= 4 is 29.5 Å². The molecule has 4 rings (SSSR count). The van der Waals surface area contributed by atoms with E-state index in [1.165, 1.54) is 0 Å². The summed E-state index contributed by atoms with van der Waals surface area (Å²) in [6.07, 6.45) is 7.07. The lowest BCUT2D eigenvalue weighted by Gasteiger charge is -2.39. The maximum Gasteiger partial charge on any atom is 0.309 e. The van der Waals surface area contributed by atoms with E-state index in [1.807, 2.05) is 42.6 Å². The summed E-state index contributed by atoms with van der Waals surface area (Å²) >= 11 is 4.73. The molecular formula is C27H34N4O3S. The van der Waals surface area contributed by atoms with Gasteiger partial charge in [0.25, 0.3) is 0 Å². The highest BCUT2D eigenvalue weighted by molar-refractivity contribution is 7.80. The normalized spacial score (nSPS) is 16.8. The number of benzene rings is 1. The third-order valence-electron chi connectivity index (χ3n) is 7.31. The van der Waals surface area contributed by atoms with Gasteiger partial charge in [-0.2, -0.15) is 12.6 Å². The minimum atomic E-state index is -0.697. The molecule has 3 N–H and O–H groups in total. The number of aliphatic carboxylic acids is 1. The van der Waals surface area contributed by atoms with Crippen LogP contribution in [0.25, 0.3) is 10.9 Å². The lowest BCUT2D eigenvalue weighted by molar-refractivity contribution is -0.152. The third-order valence-corrected chi connectivity index (χ3v) is 7.73. The molecule has 186 valence electrons. The zero-order chi connectivity index (χ0) is 24.8. The topological polar surface area (TPSA) is 102 Å². The number of carboxylic acid groups (broad SMARTS) is 1. The lowest BCUT2D eigenvalue weighted by atomic mass is 9.74. The molecule has 1 fully saturated rings. The maximum absolute atomic E-state index is 12.4. The van der Waals surface area contributed by atoms with Crippen LogP contribution in [0.3, 0.4) is 0 Å². The Kier molecular flexibility index (Phi) is 8.26. The van der Waals surface area contributed by atoms with E-state index in [9.17, 15) is 9.90 Å². The van der Waals surface area contributed by atoms with E-state index in [2.05, 4.69) is 14.9 Å². The number of aryl methyl sites for hydroxylation is 1. The number of likely N-dealkylation sites (tertiary alicyclic amines) is 1. The van der Waals surface area contributed by atoms with Crippen LogP contribution in [0, 0.1) is 5.41 Å². The quantitative estimate of drug-likeness (QED) is 0.362. The molecule has 35 heavy (non-hydrogen) atoms. The van der Waals surface area contributed by atoms with Crippen molar-refractivity contribution in [1.82, 2.24) is 14.9 Å². The molecule has 1 atom stereocenters. The number of ether oxygens (including phenoxy) is 1. The second-order valence-corrected chi connectivity index (χ2v) is 9.98. The molecule has 1 aliphatic heterocycles. The number of methoxy groups -OCH3 is 1. The first-order chi connectivity index (χ1) is 17.0. The fourth-order valence-electron chi connectivity index (χ4n) is 5.12. The first-order valence-corrected chi connectivity index (χ1v) is 12.7. The molecule has 1 aliphatic rings. The summed E-state index contributed by atoms with van der Waals surface area (Å²) in [4.78, 5) is 23.6. The first kappa shape index (κ1) is 25.4. The van der Waals surface area contributed by atoms with Gasteiger partial charge in [-0.05, 0) is 86.7 Å². The van der Waals surface area contributed by atoms with Crippen molar-refractivity contribution in [2.24, 2.45) is 11.1 Å². The van der Waals surface area contributed by atoms with Gasteiger partial charge in [0.2, 0.25) is 0 Å². The standard InChI is InChI=1S/C27H34N4O3S/c1-34-20-7-8-23-22(15-20)21(19(16-28)17-30-23)5-4-9-27(26(32)33)10-13-31(14-11-27)18-25(35)24-6-2-3-12-29-24/h2-3,6-8,12,15,17,25,35H,4-5,9-11,13-14,16,18,28H2,1H3,(H,32,33). The predicted octanol–water partition coefficient (Wildman–Crippen LogP) is 4.26. The number of rotatable bonds is 10. The third kappa shape index (κ3) is 5.77. The van der Waals surface area contributed by atoms with Crippen LogP contribution in [-0.2, 0) is 17.8 Å². The average molecular weight is 495 g/mol. The number of carboxylic acids is 1. The predicted molar refractivity (Wildman–Crippen MR) is 141 cm³/mol. The first-order valence-electron chi connectivity index (χ1n) is 12.1. The molecular weight excluding hydrogens is 460 g/mol. The van der Waals surface area contributed by atoms with E-state index in [4.69, 9.17) is 23.1 Å². The Hall–Kier alpha value is -2.68. The van der Waals surface area contributed by atoms with Gasteiger partial charge in [-0.15, -0.1) is 0 Å². The SMILES string of the molecule is COc1ccc2ncc(CN)c(CCCC3(C(=O)O)CCN(CC(S)c4ccccn4)CC3)c2c1. The molecule has 1 unspecified atom stereocenters. The number of aromatic nitrogens is 2. The van der Waals surface area contributed by atoms with Gasteiger partial charge < -0.3 is 20.5 Å². The number of hydrogen-bond acceptors (Lipinski definition) is 7. The van der Waals surface area contributed by atoms with E-state index in [0.717, 1.165) is 65.9 Å². The van der Waals surface area contributed by atoms with Gasteiger partial charge in [0.1, 0.15) is 5.75 Å². The fraction of sp³-hybridized carbons (Fsp3) is 0.444. The second kappa shape index (κ2) is 11.4. The van der Waals surface area contributed by atoms with Gasteiger partial charge >= 0.3 is 5.97 Å². The zero-order valence-corrected chi connectivity index (χ0v) is 21.1. The van der Waals surface area contributed by atoms with Crippen molar-refractivity contribution in [3.63, 3.8) is 0 Å². The summed E-state index contributed by atoms with van der Waals surface area (Å²) in [5, 5.41) is 11.2. The molecule has 0 radical (unpaired) electrons. The van der Waals surface area contributed by atoms with Gasteiger partial charge in [-0.3, -0.25) is 14.8 Å². The van der Waals surface area contributed by atoms with Crippen LogP contribution < -0.4 is 10.5 Å². The number of nitrogens with two attached hydrogens (primary N) is 1. The van der Waals surface area contributed by atoms with E-state index in [0.29, 0.717) is 25.8 Å². The Balaban J connectivity index is 1.41. The van der Waals surface area contributed by atoms with Crippen LogP contribution >= 0.6 is 12.6 Å². The molecule has 1 saturated heterocycles. The Morgan fingerprint density at radius 3 is 2.71 bits per heavy atom. The summed E-state index contributed by atoms with van der Waals surface area (Å²) in [6.45, 7) is 2.66. The number of piperidine rings is 1. The van der Waals surface area contributed by atoms with Crippen LogP contribution in [0.4, 0.5) is 0 Å². The Labute approximate surface area is 212 Å².